The van der Waals surface area contributed by atoms with Gasteiger partial charge in [-0.25, -0.2) is 8.42 Å². The summed E-state index contributed by atoms with van der Waals surface area (Å²) in [5, 5.41) is 22.2. The maximum absolute atomic E-state index is 11.3. The van der Waals surface area contributed by atoms with E-state index in [2.05, 4.69) is 5.32 Å². The Kier molecular flexibility index (Phi) is 6.61. The van der Waals surface area contributed by atoms with Crippen LogP contribution in [-0.4, -0.2) is 44.1 Å². The van der Waals surface area contributed by atoms with Gasteiger partial charge in [0.15, 0.2) is 9.84 Å². The second kappa shape index (κ2) is 7.73. The van der Waals surface area contributed by atoms with E-state index < -0.39 is 15.9 Å². The molecule has 1 aromatic rings. The summed E-state index contributed by atoms with van der Waals surface area (Å²) in [6.07, 6.45) is 1.76. The number of aliphatic hydroxyl groups excluding tert-OH is 2. The van der Waals surface area contributed by atoms with Crippen LogP contribution >= 0.6 is 0 Å². The van der Waals surface area contributed by atoms with Crippen LogP contribution in [0.2, 0.25) is 0 Å². The minimum Gasteiger partial charge on any atom is -0.393 e. The van der Waals surface area contributed by atoms with E-state index in [-0.39, 0.29) is 11.0 Å². The van der Waals surface area contributed by atoms with Gasteiger partial charge in [-0.15, -0.1) is 0 Å². The van der Waals surface area contributed by atoms with E-state index >= 15 is 0 Å². The number of nitrogens with one attached hydrogen (secondary N) is 1. The first-order chi connectivity index (χ1) is 9.30. The van der Waals surface area contributed by atoms with Crippen molar-refractivity contribution in [1.29, 1.82) is 0 Å². The van der Waals surface area contributed by atoms with Gasteiger partial charge in [-0.05, 0) is 44.0 Å². The molecule has 0 aromatic heterocycles. The SMILES string of the molecule is CC(O)CCCNCC(O)c1ccc(S(C)(=O)=O)cc1. The van der Waals surface area contributed by atoms with Gasteiger partial charge in [-0.1, -0.05) is 12.1 Å². The highest BCUT2D eigenvalue weighted by Gasteiger charge is 2.10. The number of hydrogen-bond acceptors (Lipinski definition) is 5. The molecule has 2 atom stereocenters. The Morgan fingerprint density at radius 2 is 1.80 bits per heavy atom. The number of hydrogen-bond donors (Lipinski definition) is 3. The molecule has 0 saturated carbocycles. The molecule has 0 spiro atoms. The number of aliphatic hydroxyl groups is 2. The van der Waals surface area contributed by atoms with Crippen molar-refractivity contribution in [3.05, 3.63) is 29.8 Å². The molecule has 0 bridgehead atoms. The highest BCUT2D eigenvalue weighted by atomic mass is 32.2. The number of benzene rings is 1. The van der Waals surface area contributed by atoms with Crippen molar-refractivity contribution in [2.75, 3.05) is 19.3 Å². The van der Waals surface area contributed by atoms with Crippen LogP contribution in [0.15, 0.2) is 29.2 Å². The Labute approximate surface area is 120 Å². The molecule has 6 heteroatoms. The molecule has 0 aliphatic carbocycles. The fourth-order valence-electron chi connectivity index (χ4n) is 1.82. The van der Waals surface area contributed by atoms with Gasteiger partial charge in [-0.2, -0.15) is 0 Å². The van der Waals surface area contributed by atoms with Crippen molar-refractivity contribution in [2.24, 2.45) is 0 Å². The predicted octanol–water partition coefficient (Wildman–Crippen LogP) is 0.874. The molecule has 20 heavy (non-hydrogen) atoms. The van der Waals surface area contributed by atoms with Crippen LogP contribution in [0.5, 0.6) is 0 Å². The van der Waals surface area contributed by atoms with E-state index in [9.17, 15) is 13.5 Å². The van der Waals surface area contributed by atoms with Crippen LogP contribution < -0.4 is 5.32 Å². The molecule has 0 amide bonds. The summed E-state index contributed by atoms with van der Waals surface area (Å²) >= 11 is 0. The molecule has 2 unspecified atom stereocenters. The first-order valence-electron chi connectivity index (χ1n) is 6.67. The van der Waals surface area contributed by atoms with Gasteiger partial charge in [0.2, 0.25) is 0 Å². The minimum atomic E-state index is -3.20. The Bertz CT molecular complexity index is 496. The topological polar surface area (TPSA) is 86.6 Å². The van der Waals surface area contributed by atoms with Gasteiger partial charge >= 0.3 is 0 Å². The van der Waals surface area contributed by atoms with E-state index in [0.29, 0.717) is 12.1 Å². The Morgan fingerprint density at radius 1 is 1.20 bits per heavy atom. The lowest BCUT2D eigenvalue weighted by Gasteiger charge is -2.13. The molecular formula is C14H23NO4S. The normalized spacial score (nSPS) is 15.0. The van der Waals surface area contributed by atoms with Crippen LogP contribution in [0.1, 0.15) is 31.4 Å². The summed E-state index contributed by atoms with van der Waals surface area (Å²) in [6, 6.07) is 6.25. The zero-order chi connectivity index (χ0) is 15.2. The van der Waals surface area contributed by atoms with E-state index in [1.54, 1.807) is 19.1 Å². The quantitative estimate of drug-likeness (QED) is 0.620. The standard InChI is InChI=1S/C14H23NO4S/c1-11(16)4-3-9-15-10-14(17)12-5-7-13(8-6-12)20(2,18)19/h5-8,11,14-17H,3-4,9-10H2,1-2H3. The van der Waals surface area contributed by atoms with Crippen molar-refractivity contribution in [3.63, 3.8) is 0 Å². The molecule has 114 valence electrons. The first-order valence-corrected chi connectivity index (χ1v) is 8.56. The maximum atomic E-state index is 11.3. The summed E-state index contributed by atoms with van der Waals surface area (Å²) in [4.78, 5) is 0.248. The van der Waals surface area contributed by atoms with Gasteiger partial charge in [0.05, 0.1) is 17.1 Å². The van der Waals surface area contributed by atoms with Crippen molar-refractivity contribution in [2.45, 2.75) is 36.9 Å². The third-order valence-corrected chi connectivity index (χ3v) is 4.13. The zero-order valence-corrected chi connectivity index (χ0v) is 12.7. The summed E-state index contributed by atoms with van der Waals surface area (Å²) < 4.78 is 22.6. The van der Waals surface area contributed by atoms with Gasteiger partial charge in [0.25, 0.3) is 0 Å². The third kappa shape index (κ3) is 6.00. The third-order valence-electron chi connectivity index (χ3n) is 3.01. The summed E-state index contributed by atoms with van der Waals surface area (Å²) in [5.41, 5.74) is 0.681. The largest absolute Gasteiger partial charge is 0.393 e. The number of sulfone groups is 1. The fourth-order valence-corrected chi connectivity index (χ4v) is 2.45. The van der Waals surface area contributed by atoms with E-state index in [1.807, 2.05) is 0 Å². The van der Waals surface area contributed by atoms with Gasteiger partial charge < -0.3 is 15.5 Å². The minimum absolute atomic E-state index is 0.248. The molecule has 0 heterocycles. The average Bonchev–Trinajstić information content (AvgIpc) is 2.37. The monoisotopic (exact) mass is 301 g/mol. The van der Waals surface area contributed by atoms with Gasteiger partial charge in [-0.3, -0.25) is 0 Å². The molecule has 1 rings (SSSR count). The van der Waals surface area contributed by atoms with E-state index in [4.69, 9.17) is 5.11 Å². The zero-order valence-electron chi connectivity index (χ0n) is 11.9. The Morgan fingerprint density at radius 3 is 2.30 bits per heavy atom. The molecule has 0 saturated heterocycles. The molecule has 0 radical (unpaired) electrons. The summed E-state index contributed by atoms with van der Waals surface area (Å²) in [5.74, 6) is 0. The molecule has 0 aliphatic rings. The first kappa shape index (κ1) is 17.1. The fraction of sp³-hybridized carbons (Fsp3) is 0.571. The predicted molar refractivity (Wildman–Crippen MR) is 78.3 cm³/mol. The van der Waals surface area contributed by atoms with Crippen LogP contribution in [0.25, 0.3) is 0 Å². The Hall–Kier alpha value is -0.950. The lowest BCUT2D eigenvalue weighted by Crippen LogP contribution is -2.23. The smallest absolute Gasteiger partial charge is 0.175 e. The molecular weight excluding hydrogens is 278 g/mol. The molecule has 0 aliphatic heterocycles. The summed E-state index contributed by atoms with van der Waals surface area (Å²) in [7, 11) is -3.20. The van der Waals surface area contributed by atoms with Gasteiger partial charge in [0, 0.05) is 12.8 Å². The van der Waals surface area contributed by atoms with Crippen molar-refractivity contribution >= 4 is 9.84 Å². The molecule has 3 N–H and O–H groups in total. The van der Waals surface area contributed by atoms with Crippen molar-refractivity contribution in [1.82, 2.24) is 5.32 Å². The summed E-state index contributed by atoms with van der Waals surface area (Å²) in [6.45, 7) is 2.87. The second-order valence-corrected chi connectivity index (χ2v) is 7.07. The van der Waals surface area contributed by atoms with Crippen LogP contribution in [-0.2, 0) is 9.84 Å². The highest BCUT2D eigenvalue weighted by Crippen LogP contribution is 2.15. The Balaban J connectivity index is 2.42. The molecule has 1 aromatic carbocycles. The molecule has 5 nitrogen and oxygen atoms in total. The van der Waals surface area contributed by atoms with Crippen LogP contribution in [0, 0.1) is 0 Å². The average molecular weight is 301 g/mol. The maximum Gasteiger partial charge on any atom is 0.175 e. The highest BCUT2D eigenvalue weighted by molar-refractivity contribution is 7.90. The second-order valence-electron chi connectivity index (χ2n) is 5.05. The molecule has 0 fully saturated rings. The van der Waals surface area contributed by atoms with E-state index in [0.717, 1.165) is 25.6 Å². The lowest BCUT2D eigenvalue weighted by atomic mass is 10.1. The number of rotatable bonds is 8. The van der Waals surface area contributed by atoms with E-state index in [1.165, 1.54) is 12.1 Å². The lowest BCUT2D eigenvalue weighted by molar-refractivity contribution is 0.168. The van der Waals surface area contributed by atoms with Crippen molar-refractivity contribution in [3.8, 4) is 0 Å². The van der Waals surface area contributed by atoms with Gasteiger partial charge in [0.1, 0.15) is 0 Å². The van der Waals surface area contributed by atoms with Crippen LogP contribution in [0.3, 0.4) is 0 Å². The van der Waals surface area contributed by atoms with Crippen molar-refractivity contribution < 1.29 is 18.6 Å². The van der Waals surface area contributed by atoms with Crippen LogP contribution in [0.4, 0.5) is 0 Å².